The molecule has 0 heterocycles. The largest absolute Gasteiger partial charge is 0.490 e. The second kappa shape index (κ2) is 8.24. The first-order valence-electron chi connectivity index (χ1n) is 7.43. The molecule has 0 atom stereocenters. The van der Waals surface area contributed by atoms with E-state index < -0.39 is 17.4 Å². The Hall–Kier alpha value is -3.23. The molecule has 0 aromatic heterocycles. The quantitative estimate of drug-likeness (QED) is 0.553. The Balaban J connectivity index is 2.12. The van der Waals surface area contributed by atoms with Crippen LogP contribution in [-0.2, 0) is 6.54 Å². The molecule has 0 aliphatic rings. The second-order valence-corrected chi connectivity index (χ2v) is 5.33. The van der Waals surface area contributed by atoms with Crippen LogP contribution in [0.15, 0.2) is 42.5 Å². The third-order valence-electron chi connectivity index (χ3n) is 3.54. The first-order chi connectivity index (χ1) is 12.3. The van der Waals surface area contributed by atoms with Gasteiger partial charge in [-0.1, -0.05) is 12.1 Å². The lowest BCUT2D eigenvalue weighted by Crippen LogP contribution is -2.26. The third kappa shape index (κ3) is 4.65. The lowest BCUT2D eigenvalue weighted by molar-refractivity contribution is -0.385. The summed E-state index contributed by atoms with van der Waals surface area (Å²) in [6.45, 7) is -2.72. The van der Waals surface area contributed by atoms with Gasteiger partial charge in [0.2, 0.25) is 0 Å². The Bertz CT molecular complexity index is 796. The highest BCUT2D eigenvalue weighted by Crippen LogP contribution is 2.28. The highest BCUT2D eigenvalue weighted by atomic mass is 19.3. The van der Waals surface area contributed by atoms with Crippen LogP contribution < -0.4 is 9.47 Å². The SMILES string of the molecule is COc1ccc(C(=O)N(C)Cc2ccc(OC(F)F)cc2)cc1[N+](=O)[O-]. The summed E-state index contributed by atoms with van der Waals surface area (Å²) in [5, 5.41) is 11.1. The van der Waals surface area contributed by atoms with E-state index in [0.717, 1.165) is 6.07 Å². The number of hydrogen-bond donors (Lipinski definition) is 0. The molecule has 0 radical (unpaired) electrons. The number of rotatable bonds is 7. The summed E-state index contributed by atoms with van der Waals surface area (Å²) in [5.74, 6) is -0.351. The highest BCUT2D eigenvalue weighted by Gasteiger charge is 2.20. The van der Waals surface area contributed by atoms with Crippen LogP contribution in [0.3, 0.4) is 0 Å². The number of nitrogens with zero attached hydrogens (tertiary/aromatic N) is 2. The number of amides is 1. The molecule has 0 aliphatic carbocycles. The van der Waals surface area contributed by atoms with E-state index in [1.807, 2.05) is 0 Å². The molecule has 0 saturated heterocycles. The minimum absolute atomic E-state index is 0.0171. The van der Waals surface area contributed by atoms with E-state index in [4.69, 9.17) is 4.74 Å². The first-order valence-corrected chi connectivity index (χ1v) is 7.43. The van der Waals surface area contributed by atoms with E-state index in [1.54, 1.807) is 12.1 Å². The maximum Gasteiger partial charge on any atom is 0.387 e. The molecule has 2 aromatic carbocycles. The molecule has 0 aliphatic heterocycles. The smallest absolute Gasteiger partial charge is 0.387 e. The van der Waals surface area contributed by atoms with Crippen LogP contribution in [0.25, 0.3) is 0 Å². The van der Waals surface area contributed by atoms with Crippen LogP contribution in [-0.4, -0.2) is 36.5 Å². The van der Waals surface area contributed by atoms with Crippen LogP contribution in [0.5, 0.6) is 11.5 Å². The van der Waals surface area contributed by atoms with Gasteiger partial charge in [0, 0.05) is 25.2 Å². The molecule has 7 nitrogen and oxygen atoms in total. The van der Waals surface area contributed by atoms with Gasteiger partial charge >= 0.3 is 12.3 Å². The normalized spacial score (nSPS) is 10.5. The number of ether oxygens (including phenoxy) is 2. The van der Waals surface area contributed by atoms with Crippen molar-refractivity contribution in [3.63, 3.8) is 0 Å². The average Bonchev–Trinajstić information content (AvgIpc) is 2.61. The lowest BCUT2D eigenvalue weighted by Gasteiger charge is -2.18. The van der Waals surface area contributed by atoms with E-state index in [-0.39, 0.29) is 29.3 Å². The Morgan fingerprint density at radius 2 is 1.88 bits per heavy atom. The number of benzene rings is 2. The van der Waals surface area contributed by atoms with E-state index in [2.05, 4.69) is 4.74 Å². The number of nitro benzene ring substituents is 1. The molecule has 0 bridgehead atoms. The maximum atomic E-state index is 12.5. The maximum absolute atomic E-state index is 12.5. The number of halogens is 2. The van der Waals surface area contributed by atoms with Gasteiger partial charge in [-0.05, 0) is 29.8 Å². The zero-order chi connectivity index (χ0) is 19.3. The van der Waals surface area contributed by atoms with Crippen molar-refractivity contribution in [2.45, 2.75) is 13.2 Å². The topological polar surface area (TPSA) is 81.9 Å². The standard InChI is InChI=1S/C17H16F2N2O5/c1-20(10-11-3-6-13(7-4-11)26-17(18)19)16(22)12-5-8-15(25-2)14(9-12)21(23)24/h3-9,17H,10H2,1-2H3. The Labute approximate surface area is 147 Å². The van der Waals surface area contributed by atoms with Crippen LogP contribution >= 0.6 is 0 Å². The van der Waals surface area contributed by atoms with Crippen molar-refractivity contribution in [2.75, 3.05) is 14.2 Å². The zero-order valence-corrected chi connectivity index (χ0v) is 14.0. The number of carbonyl (C=O) groups is 1. The van der Waals surface area contributed by atoms with E-state index in [1.165, 1.54) is 43.3 Å². The lowest BCUT2D eigenvalue weighted by atomic mass is 10.1. The summed E-state index contributed by atoms with van der Waals surface area (Å²) in [6.07, 6.45) is 0. The van der Waals surface area contributed by atoms with Gasteiger partial charge < -0.3 is 14.4 Å². The van der Waals surface area contributed by atoms with Gasteiger partial charge in [-0.15, -0.1) is 0 Å². The molecule has 2 aromatic rings. The fourth-order valence-corrected chi connectivity index (χ4v) is 2.31. The van der Waals surface area contributed by atoms with E-state index in [0.29, 0.717) is 5.56 Å². The summed E-state index contributed by atoms with van der Waals surface area (Å²) >= 11 is 0. The van der Waals surface area contributed by atoms with Gasteiger partial charge in [0.25, 0.3) is 5.91 Å². The number of alkyl halides is 2. The van der Waals surface area contributed by atoms with Crippen molar-refractivity contribution in [2.24, 2.45) is 0 Å². The van der Waals surface area contributed by atoms with Gasteiger partial charge in [-0.25, -0.2) is 0 Å². The summed E-state index contributed by atoms with van der Waals surface area (Å²) < 4.78 is 33.4. The Kier molecular flexibility index (Phi) is 6.05. The molecule has 0 fully saturated rings. The number of methoxy groups -OCH3 is 1. The van der Waals surface area contributed by atoms with Crippen molar-refractivity contribution in [3.05, 3.63) is 63.7 Å². The molecule has 1 amide bonds. The predicted molar refractivity (Wildman–Crippen MR) is 88.5 cm³/mol. The van der Waals surface area contributed by atoms with E-state index >= 15 is 0 Å². The molecule has 0 unspecified atom stereocenters. The van der Waals surface area contributed by atoms with Crippen LogP contribution in [0.2, 0.25) is 0 Å². The molecule has 0 N–H and O–H groups in total. The van der Waals surface area contributed by atoms with E-state index in [9.17, 15) is 23.7 Å². The number of hydrogen-bond acceptors (Lipinski definition) is 5. The number of nitro groups is 1. The summed E-state index contributed by atoms with van der Waals surface area (Å²) in [5.41, 5.74) is 0.517. The molecular formula is C17H16F2N2O5. The van der Waals surface area contributed by atoms with Gasteiger partial charge in [0.15, 0.2) is 5.75 Å². The van der Waals surface area contributed by atoms with Crippen molar-refractivity contribution in [1.82, 2.24) is 4.90 Å². The van der Waals surface area contributed by atoms with Crippen molar-refractivity contribution >= 4 is 11.6 Å². The number of carbonyl (C=O) groups excluding carboxylic acids is 1. The second-order valence-electron chi connectivity index (χ2n) is 5.33. The Morgan fingerprint density at radius 3 is 2.42 bits per heavy atom. The minimum atomic E-state index is -2.91. The summed E-state index contributed by atoms with van der Waals surface area (Å²) in [6, 6.07) is 9.79. The van der Waals surface area contributed by atoms with Crippen molar-refractivity contribution in [3.8, 4) is 11.5 Å². The predicted octanol–water partition coefficient (Wildman–Crippen LogP) is 3.48. The zero-order valence-electron chi connectivity index (χ0n) is 14.0. The highest BCUT2D eigenvalue weighted by molar-refractivity contribution is 5.95. The summed E-state index contributed by atoms with van der Waals surface area (Å²) in [7, 11) is 2.83. The fraction of sp³-hybridized carbons (Fsp3) is 0.235. The van der Waals surface area contributed by atoms with Gasteiger partial charge in [-0.2, -0.15) is 8.78 Å². The Morgan fingerprint density at radius 1 is 1.23 bits per heavy atom. The first kappa shape index (κ1) is 19.1. The molecule has 9 heteroatoms. The van der Waals surface area contributed by atoms with Gasteiger partial charge in [-0.3, -0.25) is 14.9 Å². The average molecular weight is 366 g/mol. The van der Waals surface area contributed by atoms with Gasteiger partial charge in [0.05, 0.1) is 12.0 Å². The molecular weight excluding hydrogens is 350 g/mol. The fourth-order valence-electron chi connectivity index (χ4n) is 2.31. The van der Waals surface area contributed by atoms with Crippen molar-refractivity contribution in [1.29, 1.82) is 0 Å². The van der Waals surface area contributed by atoms with Crippen LogP contribution in [0.4, 0.5) is 14.5 Å². The summed E-state index contributed by atoms with van der Waals surface area (Å²) in [4.78, 5) is 24.3. The monoisotopic (exact) mass is 366 g/mol. The molecule has 0 spiro atoms. The minimum Gasteiger partial charge on any atom is -0.490 e. The molecule has 0 saturated carbocycles. The molecule has 26 heavy (non-hydrogen) atoms. The van der Waals surface area contributed by atoms with Crippen LogP contribution in [0, 0.1) is 10.1 Å². The molecule has 2 rings (SSSR count). The molecule has 138 valence electrons. The van der Waals surface area contributed by atoms with Gasteiger partial charge in [0.1, 0.15) is 5.75 Å². The van der Waals surface area contributed by atoms with Crippen molar-refractivity contribution < 1.29 is 28.0 Å². The third-order valence-corrected chi connectivity index (χ3v) is 3.54. The van der Waals surface area contributed by atoms with Crippen LogP contribution in [0.1, 0.15) is 15.9 Å².